The average molecular weight is 686 g/mol. The number of hydrogen-bond acceptors (Lipinski definition) is 5. The Kier molecular flexibility index (Phi) is 10.3. The zero-order valence-electron chi connectivity index (χ0n) is 23.8. The zero-order valence-corrected chi connectivity index (χ0v) is 27.7. The molecule has 228 valence electrons. The van der Waals surface area contributed by atoms with Crippen molar-refractivity contribution in [1.82, 2.24) is 9.55 Å². The number of carbonyl (C=O) groups is 1. The van der Waals surface area contributed by atoms with Crippen LogP contribution >= 0.6 is 46.6 Å². The van der Waals surface area contributed by atoms with Crippen LogP contribution in [0.15, 0.2) is 70.8 Å². The Morgan fingerprint density at radius 3 is 2.30 bits per heavy atom. The molecular formula is C31H29Cl3F2N2O3S2. The van der Waals surface area contributed by atoms with Crippen LogP contribution in [-0.2, 0) is 25.8 Å². The lowest BCUT2D eigenvalue weighted by molar-refractivity contribution is -0.117. The van der Waals surface area contributed by atoms with Crippen molar-refractivity contribution < 1.29 is 22.0 Å². The lowest BCUT2D eigenvalue weighted by Gasteiger charge is -2.28. The Labute approximate surface area is 269 Å². The molecule has 0 saturated heterocycles. The summed E-state index contributed by atoms with van der Waals surface area (Å²) in [7, 11) is -4.32. The minimum Gasteiger partial charge on any atom is -0.299 e. The zero-order chi connectivity index (χ0) is 31.7. The maximum atomic E-state index is 14.8. The molecule has 12 heteroatoms. The van der Waals surface area contributed by atoms with Crippen molar-refractivity contribution in [1.29, 1.82) is 0 Å². The number of benzene rings is 3. The molecule has 4 aromatic rings. The summed E-state index contributed by atoms with van der Waals surface area (Å²) in [5.41, 5.74) is 1.98. The van der Waals surface area contributed by atoms with Gasteiger partial charge >= 0.3 is 0 Å². The molecule has 0 aliphatic carbocycles. The molecule has 43 heavy (non-hydrogen) atoms. The second-order valence-corrected chi connectivity index (χ2v) is 15.1. The van der Waals surface area contributed by atoms with Crippen molar-refractivity contribution in [3.05, 3.63) is 104 Å². The van der Waals surface area contributed by atoms with E-state index in [1.165, 1.54) is 30.0 Å². The summed E-state index contributed by atoms with van der Waals surface area (Å²) in [5, 5.41) is 1.05. The van der Waals surface area contributed by atoms with E-state index in [2.05, 4.69) is 4.98 Å². The van der Waals surface area contributed by atoms with Crippen LogP contribution in [-0.4, -0.2) is 29.5 Å². The SMILES string of the molecule is CC(C)CC(=O)CS(=O)(=O)c1c(F)ccc(CSc2ncc(C(C)(C)c3ccc(Cl)c(Cl)c3)n2-c2ccc(F)cc2)c1Cl. The fourth-order valence-corrected chi connectivity index (χ4v) is 8.05. The highest BCUT2D eigenvalue weighted by atomic mass is 35.5. The van der Waals surface area contributed by atoms with Crippen LogP contribution in [0.4, 0.5) is 8.78 Å². The summed E-state index contributed by atoms with van der Waals surface area (Å²) in [6.07, 6.45) is 1.76. The van der Waals surface area contributed by atoms with Crippen LogP contribution in [0.25, 0.3) is 5.69 Å². The van der Waals surface area contributed by atoms with E-state index in [1.54, 1.807) is 44.3 Å². The van der Waals surface area contributed by atoms with Crippen LogP contribution in [0.3, 0.4) is 0 Å². The predicted octanol–water partition coefficient (Wildman–Crippen LogP) is 9.12. The number of sulfone groups is 1. The molecule has 0 N–H and O–H groups in total. The number of hydrogen-bond donors (Lipinski definition) is 0. The second kappa shape index (κ2) is 13.3. The van der Waals surface area contributed by atoms with Gasteiger partial charge in [-0.05, 0) is 59.5 Å². The van der Waals surface area contributed by atoms with Crippen molar-refractivity contribution >= 4 is 62.2 Å². The van der Waals surface area contributed by atoms with Crippen LogP contribution in [0.2, 0.25) is 15.1 Å². The molecule has 4 rings (SSSR count). The van der Waals surface area contributed by atoms with E-state index in [9.17, 15) is 22.0 Å². The molecule has 0 amide bonds. The molecule has 0 fully saturated rings. The van der Waals surface area contributed by atoms with Gasteiger partial charge in [-0.15, -0.1) is 0 Å². The molecule has 0 atom stereocenters. The molecule has 0 radical (unpaired) electrons. The van der Waals surface area contributed by atoms with Gasteiger partial charge in [0, 0.05) is 23.3 Å². The summed E-state index contributed by atoms with van der Waals surface area (Å²) < 4.78 is 56.6. The normalized spacial score (nSPS) is 12.2. The third kappa shape index (κ3) is 7.45. The minimum atomic E-state index is -4.32. The molecule has 0 aliphatic rings. The number of thioether (sulfide) groups is 1. The van der Waals surface area contributed by atoms with Crippen molar-refractivity contribution in [2.75, 3.05) is 5.75 Å². The number of aromatic nitrogens is 2. The van der Waals surface area contributed by atoms with E-state index in [0.717, 1.165) is 17.3 Å². The van der Waals surface area contributed by atoms with E-state index in [-0.39, 0.29) is 23.1 Å². The van der Waals surface area contributed by atoms with E-state index in [1.807, 2.05) is 24.5 Å². The fraction of sp³-hybridized carbons (Fsp3) is 0.290. The Morgan fingerprint density at radius 2 is 1.67 bits per heavy atom. The van der Waals surface area contributed by atoms with Crippen molar-refractivity contribution in [3.63, 3.8) is 0 Å². The molecule has 0 unspecified atom stereocenters. The van der Waals surface area contributed by atoms with Gasteiger partial charge in [0.05, 0.1) is 27.0 Å². The largest absolute Gasteiger partial charge is 0.299 e. The maximum Gasteiger partial charge on any atom is 0.189 e. The molecule has 5 nitrogen and oxygen atoms in total. The topological polar surface area (TPSA) is 69.0 Å². The Hall–Kier alpha value is -2.43. The molecule has 3 aromatic carbocycles. The molecule has 1 heterocycles. The summed E-state index contributed by atoms with van der Waals surface area (Å²) in [6, 6.07) is 13.7. The highest BCUT2D eigenvalue weighted by molar-refractivity contribution is 7.98. The minimum absolute atomic E-state index is 0.0397. The van der Waals surface area contributed by atoms with Gasteiger partial charge in [-0.1, -0.05) is 86.4 Å². The lowest BCUT2D eigenvalue weighted by atomic mass is 9.81. The number of Topliss-reactive ketones (excluding diaryl/α,β-unsaturated/α-hetero) is 1. The Morgan fingerprint density at radius 1 is 1.00 bits per heavy atom. The summed E-state index contributed by atoms with van der Waals surface area (Å²) in [4.78, 5) is 16.2. The Bertz CT molecular complexity index is 1770. The van der Waals surface area contributed by atoms with Gasteiger partial charge in [-0.2, -0.15) is 0 Å². The van der Waals surface area contributed by atoms with Crippen LogP contribution in [0.1, 0.15) is 50.9 Å². The number of carbonyl (C=O) groups excluding carboxylic acids is 1. The highest BCUT2D eigenvalue weighted by Crippen LogP contribution is 2.39. The maximum absolute atomic E-state index is 14.8. The quantitative estimate of drug-likeness (QED) is 0.147. The number of ketones is 1. The third-order valence-corrected chi connectivity index (χ3v) is 10.9. The van der Waals surface area contributed by atoms with Crippen molar-refractivity contribution in [2.45, 2.75) is 55.3 Å². The fourth-order valence-electron chi connectivity index (χ4n) is 4.66. The number of imidazole rings is 1. The smallest absolute Gasteiger partial charge is 0.189 e. The summed E-state index contributed by atoms with van der Waals surface area (Å²) in [6.45, 7) is 7.57. The lowest BCUT2D eigenvalue weighted by Crippen LogP contribution is -2.23. The standard InChI is InChI=1S/C31H29Cl3F2N2O3S2/c1-18(2)13-23(39)17-43(40,41)29-26(36)12-5-19(28(29)34)16-42-30-37-15-27(38(30)22-9-7-21(35)8-10-22)31(3,4)20-6-11-24(32)25(33)14-20/h5-12,14-15,18H,13,16-17H2,1-4H3. The van der Waals surface area contributed by atoms with Gasteiger partial charge < -0.3 is 0 Å². The van der Waals surface area contributed by atoms with E-state index >= 15 is 0 Å². The van der Waals surface area contributed by atoms with Crippen molar-refractivity contribution in [3.8, 4) is 5.69 Å². The van der Waals surface area contributed by atoms with E-state index in [4.69, 9.17) is 34.8 Å². The van der Waals surface area contributed by atoms with Crippen LogP contribution in [0, 0.1) is 17.6 Å². The molecule has 0 spiro atoms. The summed E-state index contributed by atoms with van der Waals surface area (Å²) >= 11 is 20.2. The van der Waals surface area contributed by atoms with Crippen molar-refractivity contribution in [2.24, 2.45) is 5.92 Å². The number of halogens is 5. The molecular weight excluding hydrogens is 657 g/mol. The average Bonchev–Trinajstić information content (AvgIpc) is 3.34. The molecule has 1 aromatic heterocycles. The number of rotatable bonds is 11. The van der Waals surface area contributed by atoms with Gasteiger partial charge in [-0.25, -0.2) is 22.2 Å². The third-order valence-electron chi connectivity index (χ3n) is 6.88. The molecule has 0 bridgehead atoms. The first-order chi connectivity index (χ1) is 20.1. The van der Waals surface area contributed by atoms with Gasteiger partial charge in [0.15, 0.2) is 15.0 Å². The highest BCUT2D eigenvalue weighted by Gasteiger charge is 2.31. The monoisotopic (exact) mass is 684 g/mol. The first kappa shape index (κ1) is 33.5. The van der Waals surface area contributed by atoms with Gasteiger partial charge in [0.25, 0.3) is 0 Å². The van der Waals surface area contributed by atoms with Crippen LogP contribution in [0.5, 0.6) is 0 Å². The first-order valence-electron chi connectivity index (χ1n) is 13.3. The first-order valence-corrected chi connectivity index (χ1v) is 17.0. The van der Waals surface area contributed by atoms with Gasteiger partial charge in [0.1, 0.15) is 28.1 Å². The summed E-state index contributed by atoms with van der Waals surface area (Å²) in [5.74, 6) is -2.67. The van der Waals surface area contributed by atoms with Gasteiger partial charge in [0.2, 0.25) is 0 Å². The molecule has 0 saturated carbocycles. The predicted molar refractivity (Wildman–Crippen MR) is 170 cm³/mol. The van der Waals surface area contributed by atoms with Crippen LogP contribution < -0.4 is 0 Å². The van der Waals surface area contributed by atoms with Gasteiger partial charge in [-0.3, -0.25) is 9.36 Å². The second-order valence-electron chi connectivity index (χ2n) is 11.0. The van der Waals surface area contributed by atoms with E-state index < -0.39 is 43.3 Å². The molecule has 0 aliphatic heterocycles. The van der Waals surface area contributed by atoms with E-state index in [0.29, 0.717) is 26.5 Å². The number of nitrogens with zero attached hydrogens (tertiary/aromatic N) is 2. The Balaban J connectivity index is 1.73.